The number of rotatable bonds is 13. The topological polar surface area (TPSA) is 147 Å². The highest BCUT2D eigenvalue weighted by Gasteiger charge is 2.28. The van der Waals surface area contributed by atoms with Gasteiger partial charge in [-0.05, 0) is 50.1 Å². The molecule has 0 aliphatic carbocycles. The number of nitrogens with zero attached hydrogens (tertiary/aromatic N) is 2. The van der Waals surface area contributed by atoms with E-state index in [-0.39, 0.29) is 29.8 Å². The molecule has 3 amide bonds. The zero-order valence-corrected chi connectivity index (χ0v) is 27.4. The van der Waals surface area contributed by atoms with Crippen molar-refractivity contribution in [2.75, 3.05) is 17.2 Å². The van der Waals surface area contributed by atoms with Gasteiger partial charge in [0.1, 0.15) is 4.83 Å². The molecule has 0 aliphatic heterocycles. The Labute approximate surface area is 276 Å². The van der Waals surface area contributed by atoms with Crippen LogP contribution in [0.4, 0.5) is 16.3 Å². The molecule has 0 fully saturated rings. The van der Waals surface area contributed by atoms with Gasteiger partial charge in [-0.15, -0.1) is 16.4 Å². The van der Waals surface area contributed by atoms with Gasteiger partial charge in [-0.2, -0.15) is 4.68 Å². The first-order valence-corrected chi connectivity index (χ1v) is 16.4. The number of aromatic nitrogens is 3. The van der Waals surface area contributed by atoms with Crippen LogP contribution in [0.5, 0.6) is 0 Å². The summed E-state index contributed by atoms with van der Waals surface area (Å²) in [6, 6.07) is 19.4. The van der Waals surface area contributed by atoms with Crippen molar-refractivity contribution >= 4 is 56.9 Å². The number of benzene rings is 2. The largest absolute Gasteiger partial charge is 0.448 e. The van der Waals surface area contributed by atoms with Crippen molar-refractivity contribution in [3.8, 4) is 0 Å². The summed E-state index contributed by atoms with van der Waals surface area (Å²) in [5.74, 6) is -1.21. The first-order valence-electron chi connectivity index (χ1n) is 15.6. The second-order valence-electron chi connectivity index (χ2n) is 11.6. The molecule has 2 aromatic carbocycles. The lowest BCUT2D eigenvalue weighted by Crippen LogP contribution is -2.40. The summed E-state index contributed by atoms with van der Waals surface area (Å²) in [7, 11) is 0. The van der Waals surface area contributed by atoms with Gasteiger partial charge in [-0.25, -0.2) is 4.79 Å². The number of carbonyl (C=O) groups excluding carboxylic acids is 4. The van der Waals surface area contributed by atoms with Crippen molar-refractivity contribution in [1.82, 2.24) is 20.1 Å². The summed E-state index contributed by atoms with van der Waals surface area (Å²) >= 11 is 1.08. The molecule has 4 N–H and O–H groups in total. The minimum atomic E-state index is -0.705. The zero-order chi connectivity index (χ0) is 33.4. The van der Waals surface area contributed by atoms with Gasteiger partial charge in [0.25, 0.3) is 17.7 Å². The second-order valence-corrected chi connectivity index (χ2v) is 12.6. The predicted molar refractivity (Wildman–Crippen MR) is 183 cm³/mol. The van der Waals surface area contributed by atoms with E-state index in [1.54, 1.807) is 48.8 Å². The molecule has 0 radical (unpaired) electrons. The summed E-state index contributed by atoms with van der Waals surface area (Å²) < 4.78 is 6.61. The van der Waals surface area contributed by atoms with Crippen LogP contribution < -0.4 is 16.0 Å². The number of carbonyl (C=O) groups is 4. The predicted octanol–water partition coefficient (Wildman–Crippen LogP) is 7.55. The number of aromatic amines is 1. The van der Waals surface area contributed by atoms with Crippen molar-refractivity contribution < 1.29 is 23.9 Å². The monoisotopic (exact) mass is 654 g/mol. The summed E-state index contributed by atoms with van der Waals surface area (Å²) in [5, 5.41) is 13.4. The van der Waals surface area contributed by atoms with E-state index >= 15 is 0 Å². The number of para-hydroxylation sites is 1. The number of thiophene rings is 1. The molecular formula is C35H38N6O5S. The highest BCUT2D eigenvalue weighted by Crippen LogP contribution is 2.33. The van der Waals surface area contributed by atoms with Gasteiger partial charge >= 0.3 is 6.09 Å². The number of hydrogen-bond acceptors (Lipinski definition) is 7. The summed E-state index contributed by atoms with van der Waals surface area (Å²) in [6.45, 7) is 6.18. The standard InChI is InChI=1S/C35H38N6O5S/c1-4-5-6-7-13-20-46-34(45)41-33-26(21-28(47-33)32(44)39-35(2,3)24-14-9-8-10-15-24)29(40-41)38-31(43)25-16-11-12-17-27(25)37-30(42)23-18-19-36-22-23/h8-12,14-19,21-22,36H,4-7,13,20H2,1-3H3,(H,37,42)(H,39,44)(H,38,40,43). The Bertz CT molecular complexity index is 1860. The molecule has 0 unspecified atom stereocenters. The van der Waals surface area contributed by atoms with Crippen LogP contribution in [-0.2, 0) is 10.3 Å². The third kappa shape index (κ3) is 7.95. The number of nitrogens with one attached hydrogen (secondary N) is 4. The molecule has 0 saturated heterocycles. The number of anilines is 2. The maximum absolute atomic E-state index is 13.6. The Hall–Kier alpha value is -5.23. The van der Waals surface area contributed by atoms with E-state index in [4.69, 9.17) is 4.74 Å². The van der Waals surface area contributed by atoms with E-state index < -0.39 is 17.5 Å². The molecule has 0 saturated carbocycles. The molecular weight excluding hydrogens is 616 g/mol. The van der Waals surface area contributed by atoms with Crippen molar-refractivity contribution in [2.24, 2.45) is 0 Å². The van der Waals surface area contributed by atoms with Gasteiger partial charge in [0.2, 0.25) is 0 Å². The fourth-order valence-electron chi connectivity index (χ4n) is 5.06. The van der Waals surface area contributed by atoms with Crippen LogP contribution in [0.2, 0.25) is 0 Å². The molecule has 47 heavy (non-hydrogen) atoms. The fourth-order valence-corrected chi connectivity index (χ4v) is 6.06. The third-order valence-corrected chi connectivity index (χ3v) is 8.77. The van der Waals surface area contributed by atoms with Crippen LogP contribution in [0, 0.1) is 0 Å². The smallest absolute Gasteiger partial charge is 0.436 e. The number of ether oxygens (including phenoxy) is 1. The number of H-pyrrole nitrogens is 1. The molecule has 0 spiro atoms. The lowest BCUT2D eigenvalue weighted by molar-refractivity contribution is 0.0915. The van der Waals surface area contributed by atoms with Gasteiger partial charge < -0.3 is 25.7 Å². The molecule has 3 aromatic heterocycles. The average molecular weight is 655 g/mol. The SMILES string of the molecule is CCCCCCCOC(=O)n1nc(NC(=O)c2ccccc2NC(=O)c2cc[nH]c2)c2cc(C(=O)NC(C)(C)c3ccccc3)sc21. The van der Waals surface area contributed by atoms with E-state index in [2.05, 4.69) is 33.0 Å². The van der Waals surface area contributed by atoms with E-state index in [0.717, 1.165) is 53.7 Å². The normalized spacial score (nSPS) is 11.3. The highest BCUT2D eigenvalue weighted by atomic mass is 32.1. The minimum Gasteiger partial charge on any atom is -0.448 e. The number of fused-ring (bicyclic) bond motifs is 1. The Morgan fingerprint density at radius 3 is 2.38 bits per heavy atom. The molecule has 5 rings (SSSR count). The lowest BCUT2D eigenvalue weighted by Gasteiger charge is -2.26. The Morgan fingerprint density at radius 2 is 1.64 bits per heavy atom. The molecule has 11 nitrogen and oxygen atoms in total. The Balaban J connectivity index is 1.41. The molecule has 0 atom stereocenters. The van der Waals surface area contributed by atoms with Gasteiger partial charge in [-0.3, -0.25) is 14.4 Å². The summed E-state index contributed by atoms with van der Waals surface area (Å²) in [6.07, 6.45) is 7.43. The van der Waals surface area contributed by atoms with E-state index in [1.165, 1.54) is 0 Å². The maximum Gasteiger partial charge on any atom is 0.436 e. The van der Waals surface area contributed by atoms with Crippen LogP contribution >= 0.6 is 11.3 Å². The third-order valence-electron chi connectivity index (χ3n) is 7.66. The average Bonchev–Trinajstić information content (AvgIpc) is 3.82. The van der Waals surface area contributed by atoms with E-state index in [9.17, 15) is 19.2 Å². The van der Waals surface area contributed by atoms with E-state index in [0.29, 0.717) is 26.3 Å². The Kier molecular flexibility index (Phi) is 10.5. The number of hydrogen-bond donors (Lipinski definition) is 4. The van der Waals surface area contributed by atoms with Crippen molar-refractivity contribution in [2.45, 2.75) is 58.4 Å². The molecule has 0 bridgehead atoms. The van der Waals surface area contributed by atoms with Gasteiger partial charge in [0.05, 0.1) is 39.2 Å². The summed E-state index contributed by atoms with van der Waals surface area (Å²) in [5.41, 5.74) is 1.14. The van der Waals surface area contributed by atoms with Crippen LogP contribution in [0.15, 0.2) is 79.1 Å². The lowest BCUT2D eigenvalue weighted by atomic mass is 9.94. The second kappa shape index (κ2) is 14.9. The molecule has 244 valence electrons. The molecule has 3 heterocycles. The number of amides is 3. The molecule has 5 aromatic rings. The fraction of sp³-hybridized carbons (Fsp3) is 0.286. The molecule has 12 heteroatoms. The maximum atomic E-state index is 13.6. The van der Waals surface area contributed by atoms with Crippen molar-refractivity contribution in [3.63, 3.8) is 0 Å². The van der Waals surface area contributed by atoms with Crippen LogP contribution in [0.25, 0.3) is 10.2 Å². The first kappa shape index (κ1) is 33.1. The summed E-state index contributed by atoms with van der Waals surface area (Å²) in [4.78, 5) is 56.6. The van der Waals surface area contributed by atoms with Crippen molar-refractivity contribution in [3.05, 3.63) is 101 Å². The first-order chi connectivity index (χ1) is 22.7. The molecule has 0 aliphatic rings. The van der Waals surface area contributed by atoms with Crippen LogP contribution in [0.3, 0.4) is 0 Å². The van der Waals surface area contributed by atoms with Gasteiger partial charge in [-0.1, -0.05) is 75.1 Å². The quantitative estimate of drug-likeness (QED) is 0.0964. The zero-order valence-electron chi connectivity index (χ0n) is 26.6. The van der Waals surface area contributed by atoms with E-state index in [1.807, 2.05) is 44.2 Å². The van der Waals surface area contributed by atoms with Crippen LogP contribution in [0.1, 0.15) is 88.8 Å². The minimum absolute atomic E-state index is 0.0780. The van der Waals surface area contributed by atoms with Crippen molar-refractivity contribution in [1.29, 1.82) is 0 Å². The Morgan fingerprint density at radius 1 is 0.894 bits per heavy atom. The highest BCUT2D eigenvalue weighted by molar-refractivity contribution is 7.20. The number of unbranched alkanes of at least 4 members (excludes halogenated alkanes) is 4. The van der Waals surface area contributed by atoms with Crippen LogP contribution in [-0.4, -0.2) is 45.2 Å². The van der Waals surface area contributed by atoms with Gasteiger partial charge in [0, 0.05) is 12.4 Å². The van der Waals surface area contributed by atoms with Gasteiger partial charge in [0.15, 0.2) is 5.82 Å².